The van der Waals surface area contributed by atoms with Crippen LogP contribution in [0.1, 0.15) is 67.5 Å². The summed E-state index contributed by atoms with van der Waals surface area (Å²) in [6.45, 7) is 13.6. The van der Waals surface area contributed by atoms with Crippen LogP contribution in [-0.4, -0.2) is 56.5 Å². The number of nitrogens with one attached hydrogen (secondary N) is 3. The second kappa shape index (κ2) is 13.7. The number of H-pyrrole nitrogens is 1. The van der Waals surface area contributed by atoms with E-state index >= 15 is 4.39 Å². The Morgan fingerprint density at radius 2 is 2.00 bits per heavy atom. The molecule has 1 saturated heterocycles. The standard InChI is InChI=1S/C25H39FN7O5P/c1-8-16-17(26)20(38-39(36-11-9-10-27)32-18(13(2)3)14(4)5)24(37-16)33-12-28-19-21(33)29-25(31-23(19)35)30-22(34)15(6)7/h12-18,20,24,32H,8-9,11H2,1-7H3,(H2,29,30,31,34,35)/t16-,17-,20-,24-,39?/m1/s1. The third-order valence-corrected chi connectivity index (χ3v) is 7.83. The van der Waals surface area contributed by atoms with Gasteiger partial charge < -0.3 is 13.8 Å². The van der Waals surface area contributed by atoms with Gasteiger partial charge in [0, 0.05) is 12.0 Å². The molecule has 1 fully saturated rings. The Morgan fingerprint density at radius 1 is 1.31 bits per heavy atom. The fraction of sp³-hybridized carbons (Fsp3) is 0.720. The van der Waals surface area contributed by atoms with Crippen LogP contribution in [0.4, 0.5) is 10.3 Å². The number of anilines is 1. The topological polar surface area (TPSA) is 156 Å². The van der Waals surface area contributed by atoms with Crippen LogP contribution in [0.15, 0.2) is 11.1 Å². The predicted octanol–water partition coefficient (Wildman–Crippen LogP) is 4.17. The highest BCUT2D eigenvalue weighted by Gasteiger charge is 2.48. The average Bonchev–Trinajstić information content (AvgIpc) is 3.42. The summed E-state index contributed by atoms with van der Waals surface area (Å²) in [5.74, 6) is -0.226. The summed E-state index contributed by atoms with van der Waals surface area (Å²) in [6, 6.07) is 2.06. The van der Waals surface area contributed by atoms with Crippen LogP contribution in [0.3, 0.4) is 0 Å². The van der Waals surface area contributed by atoms with Gasteiger partial charge in [0.25, 0.3) is 14.1 Å². The number of aromatic nitrogens is 4. The minimum Gasteiger partial charge on any atom is -0.349 e. The molecule has 1 amide bonds. The molecule has 216 valence electrons. The second-order valence-electron chi connectivity index (χ2n) is 10.5. The third kappa shape index (κ3) is 7.38. The van der Waals surface area contributed by atoms with Crippen LogP contribution in [-0.2, 0) is 18.6 Å². The number of amides is 1. The molecule has 1 unspecified atom stereocenters. The lowest BCUT2D eigenvalue weighted by Gasteiger charge is -2.32. The van der Waals surface area contributed by atoms with Gasteiger partial charge in [0.15, 0.2) is 23.6 Å². The first-order valence-electron chi connectivity index (χ1n) is 13.3. The van der Waals surface area contributed by atoms with Crippen molar-refractivity contribution < 1.29 is 23.0 Å². The smallest absolute Gasteiger partial charge is 0.280 e. The van der Waals surface area contributed by atoms with E-state index in [1.165, 1.54) is 10.9 Å². The van der Waals surface area contributed by atoms with Crippen LogP contribution >= 0.6 is 8.53 Å². The van der Waals surface area contributed by atoms with E-state index < -0.39 is 38.7 Å². The quantitative estimate of drug-likeness (QED) is 0.239. The molecule has 5 atom stereocenters. The van der Waals surface area contributed by atoms with Gasteiger partial charge in [0.05, 0.1) is 31.5 Å². The van der Waals surface area contributed by atoms with Gasteiger partial charge in [-0.2, -0.15) is 10.2 Å². The summed E-state index contributed by atoms with van der Waals surface area (Å²) >= 11 is 0. The average molecular weight is 568 g/mol. The van der Waals surface area contributed by atoms with E-state index in [-0.39, 0.29) is 59.8 Å². The van der Waals surface area contributed by atoms with E-state index in [4.69, 9.17) is 19.0 Å². The van der Waals surface area contributed by atoms with Crippen molar-refractivity contribution in [2.75, 3.05) is 11.9 Å². The van der Waals surface area contributed by atoms with Crippen molar-refractivity contribution in [3.8, 4) is 6.07 Å². The number of carbonyl (C=O) groups is 1. The highest BCUT2D eigenvalue weighted by molar-refractivity contribution is 7.45. The molecule has 12 nitrogen and oxygen atoms in total. The number of halogens is 1. The maximum Gasteiger partial charge on any atom is 0.280 e. The molecule has 2 aromatic heterocycles. The van der Waals surface area contributed by atoms with E-state index in [1.54, 1.807) is 13.8 Å². The Bertz CT molecular complexity index is 1210. The Labute approximate surface area is 229 Å². The number of nitriles is 1. The van der Waals surface area contributed by atoms with Crippen molar-refractivity contribution >= 4 is 31.5 Å². The molecule has 0 bridgehead atoms. The fourth-order valence-corrected chi connectivity index (χ4v) is 6.10. The minimum atomic E-state index is -1.82. The lowest BCUT2D eigenvalue weighted by molar-refractivity contribution is -0.118. The van der Waals surface area contributed by atoms with E-state index in [0.717, 1.165) is 0 Å². The Hall–Kier alpha value is -2.49. The monoisotopic (exact) mass is 567 g/mol. The van der Waals surface area contributed by atoms with E-state index in [9.17, 15) is 9.59 Å². The minimum absolute atomic E-state index is 0.0143. The Balaban J connectivity index is 1.98. The van der Waals surface area contributed by atoms with E-state index in [2.05, 4.69) is 53.1 Å². The molecule has 0 spiro atoms. The molecular weight excluding hydrogens is 528 g/mol. The van der Waals surface area contributed by atoms with Crippen LogP contribution in [0.5, 0.6) is 0 Å². The molecule has 0 aliphatic carbocycles. The van der Waals surface area contributed by atoms with Crippen LogP contribution in [0, 0.1) is 29.1 Å². The number of aromatic amines is 1. The molecule has 14 heteroatoms. The maximum atomic E-state index is 15.8. The number of ether oxygens (including phenoxy) is 1. The summed E-state index contributed by atoms with van der Waals surface area (Å²) in [4.78, 5) is 36.0. The van der Waals surface area contributed by atoms with Gasteiger partial charge in [-0.3, -0.25) is 24.5 Å². The van der Waals surface area contributed by atoms with Gasteiger partial charge >= 0.3 is 0 Å². The van der Waals surface area contributed by atoms with Gasteiger partial charge in [-0.25, -0.2) is 14.5 Å². The first-order valence-corrected chi connectivity index (χ1v) is 14.5. The Kier molecular flexibility index (Phi) is 10.9. The lowest BCUT2D eigenvalue weighted by Crippen LogP contribution is -2.38. The van der Waals surface area contributed by atoms with Crippen molar-refractivity contribution in [2.45, 2.75) is 92.0 Å². The number of carbonyl (C=O) groups excluding carboxylic acids is 1. The van der Waals surface area contributed by atoms with Gasteiger partial charge in [-0.05, 0) is 18.3 Å². The number of alkyl halides is 1. The number of hydrogen-bond acceptors (Lipinski definition) is 9. The zero-order valence-electron chi connectivity index (χ0n) is 23.5. The zero-order chi connectivity index (χ0) is 28.9. The maximum absolute atomic E-state index is 15.8. The van der Waals surface area contributed by atoms with Gasteiger partial charge in [0.2, 0.25) is 11.9 Å². The van der Waals surface area contributed by atoms with Crippen LogP contribution < -0.4 is 16.0 Å². The van der Waals surface area contributed by atoms with Crippen molar-refractivity contribution in [1.29, 1.82) is 5.26 Å². The molecule has 0 radical (unpaired) electrons. The van der Waals surface area contributed by atoms with Gasteiger partial charge in [0.1, 0.15) is 6.10 Å². The van der Waals surface area contributed by atoms with E-state index in [1.807, 2.05) is 13.0 Å². The molecule has 0 saturated carbocycles. The summed E-state index contributed by atoms with van der Waals surface area (Å²) in [5.41, 5.74) is -0.427. The molecule has 3 N–H and O–H groups in total. The first kappa shape index (κ1) is 31.0. The predicted molar refractivity (Wildman–Crippen MR) is 145 cm³/mol. The van der Waals surface area contributed by atoms with Crippen molar-refractivity contribution in [2.24, 2.45) is 17.8 Å². The highest BCUT2D eigenvalue weighted by atomic mass is 31.2. The number of imidazole rings is 1. The molecule has 3 heterocycles. The third-order valence-electron chi connectivity index (χ3n) is 6.47. The van der Waals surface area contributed by atoms with Crippen molar-refractivity contribution in [3.63, 3.8) is 0 Å². The molecule has 0 aromatic carbocycles. The van der Waals surface area contributed by atoms with Crippen molar-refractivity contribution in [3.05, 3.63) is 16.7 Å². The first-order chi connectivity index (χ1) is 18.5. The Morgan fingerprint density at radius 3 is 2.59 bits per heavy atom. The fourth-order valence-electron chi connectivity index (χ4n) is 4.36. The number of rotatable bonds is 13. The lowest BCUT2D eigenvalue weighted by atomic mass is 9.94. The zero-order valence-corrected chi connectivity index (χ0v) is 24.4. The summed E-state index contributed by atoms with van der Waals surface area (Å²) < 4.78 is 35.4. The molecule has 39 heavy (non-hydrogen) atoms. The van der Waals surface area contributed by atoms with Gasteiger partial charge in [-0.15, -0.1) is 0 Å². The summed E-state index contributed by atoms with van der Waals surface area (Å²) in [7, 11) is -1.82. The normalized spacial score (nSPS) is 22.3. The molecule has 2 aromatic rings. The van der Waals surface area contributed by atoms with Gasteiger partial charge in [-0.1, -0.05) is 48.5 Å². The summed E-state index contributed by atoms with van der Waals surface area (Å²) in [6.07, 6.45) is -2.53. The highest BCUT2D eigenvalue weighted by Crippen LogP contribution is 2.46. The van der Waals surface area contributed by atoms with Crippen LogP contribution in [0.25, 0.3) is 11.2 Å². The largest absolute Gasteiger partial charge is 0.349 e. The van der Waals surface area contributed by atoms with E-state index in [0.29, 0.717) is 6.42 Å². The number of fused-ring (bicyclic) bond motifs is 1. The molecule has 1 aliphatic heterocycles. The van der Waals surface area contributed by atoms with Crippen LogP contribution in [0.2, 0.25) is 0 Å². The second-order valence-corrected chi connectivity index (χ2v) is 11.8. The molecule has 1 aliphatic rings. The number of hydrogen-bond donors (Lipinski definition) is 3. The molecular formula is C25H39FN7O5P. The SMILES string of the molecule is CC[C@H]1O[C@@H](n2cnc3c(=O)[nH]c(NC(=O)C(C)C)nc32)[C@H](OP(NC(C(C)C)C(C)C)OCCC#N)[C@@H]1F. The molecule has 3 rings (SSSR count). The number of nitrogens with zero attached hydrogens (tertiary/aromatic N) is 4. The summed E-state index contributed by atoms with van der Waals surface area (Å²) in [5, 5.41) is 15.0. The van der Waals surface area contributed by atoms with Crippen molar-refractivity contribution in [1.82, 2.24) is 24.6 Å².